The summed E-state index contributed by atoms with van der Waals surface area (Å²) in [6, 6.07) is 5.66. The molecule has 0 aliphatic heterocycles. The van der Waals surface area contributed by atoms with Crippen LogP contribution in [0.3, 0.4) is 0 Å². The van der Waals surface area contributed by atoms with Gasteiger partial charge in [0.25, 0.3) is 0 Å². The molecule has 0 unspecified atom stereocenters. The van der Waals surface area contributed by atoms with Crippen molar-refractivity contribution in [2.75, 3.05) is 7.11 Å². The first-order valence-corrected chi connectivity index (χ1v) is 6.38. The number of methoxy groups -OCH3 is 1. The van der Waals surface area contributed by atoms with Crippen LogP contribution in [0.5, 0.6) is 5.75 Å². The molecule has 1 aromatic rings. The maximum atomic E-state index is 12.5. The summed E-state index contributed by atoms with van der Waals surface area (Å²) in [4.78, 5) is 23.9. The number of Topliss-reactive ketones (excluding diaryl/α,β-unsaturated/α-hetero) is 2. The van der Waals surface area contributed by atoms with Crippen molar-refractivity contribution in [2.45, 2.75) is 32.1 Å². The number of benzene rings is 1. The minimum absolute atomic E-state index is 0.229. The van der Waals surface area contributed by atoms with E-state index in [0.717, 1.165) is 23.3 Å². The number of carbonyl (C=O) groups excluding carboxylic acids is 2. The fourth-order valence-electron chi connectivity index (χ4n) is 3.21. The van der Waals surface area contributed by atoms with Crippen LogP contribution in [-0.4, -0.2) is 18.7 Å². The molecule has 0 saturated heterocycles. The van der Waals surface area contributed by atoms with Crippen LogP contribution in [0.1, 0.15) is 41.6 Å². The molecule has 0 bridgehead atoms. The molecule has 1 spiro atoms. The Kier molecular flexibility index (Phi) is 2.51. The van der Waals surface area contributed by atoms with Gasteiger partial charge in [0.05, 0.1) is 7.11 Å². The Balaban J connectivity index is 1.95. The summed E-state index contributed by atoms with van der Waals surface area (Å²) in [6.45, 7) is 0. The van der Waals surface area contributed by atoms with Crippen LogP contribution >= 0.6 is 0 Å². The minimum Gasteiger partial charge on any atom is -0.497 e. The third kappa shape index (κ3) is 1.57. The molecule has 0 amide bonds. The van der Waals surface area contributed by atoms with Crippen LogP contribution in [-0.2, 0) is 11.2 Å². The van der Waals surface area contributed by atoms with Crippen LogP contribution in [0, 0.1) is 5.41 Å². The highest BCUT2D eigenvalue weighted by Gasteiger charge is 2.47. The van der Waals surface area contributed by atoms with Crippen molar-refractivity contribution >= 4 is 11.6 Å². The van der Waals surface area contributed by atoms with Gasteiger partial charge in [-0.3, -0.25) is 9.59 Å². The first kappa shape index (κ1) is 11.5. The van der Waals surface area contributed by atoms with E-state index in [9.17, 15) is 9.59 Å². The Morgan fingerprint density at radius 2 is 1.89 bits per heavy atom. The quantitative estimate of drug-likeness (QED) is 0.762. The van der Waals surface area contributed by atoms with Gasteiger partial charge in [-0.25, -0.2) is 0 Å². The lowest BCUT2D eigenvalue weighted by atomic mass is 9.71. The van der Waals surface area contributed by atoms with Gasteiger partial charge in [0, 0.05) is 23.8 Å². The van der Waals surface area contributed by atoms with E-state index in [1.165, 1.54) is 0 Å². The summed E-state index contributed by atoms with van der Waals surface area (Å²) in [5.41, 5.74) is 1.60. The van der Waals surface area contributed by atoms with Gasteiger partial charge in [0.2, 0.25) is 0 Å². The molecule has 3 rings (SSSR count). The number of hydrogen-bond acceptors (Lipinski definition) is 3. The molecule has 0 radical (unpaired) electrons. The highest BCUT2D eigenvalue weighted by molar-refractivity contribution is 6.06. The van der Waals surface area contributed by atoms with E-state index in [-0.39, 0.29) is 11.2 Å². The number of hydrogen-bond donors (Lipinski definition) is 0. The van der Waals surface area contributed by atoms with Crippen molar-refractivity contribution in [1.29, 1.82) is 0 Å². The first-order chi connectivity index (χ1) is 8.64. The summed E-state index contributed by atoms with van der Waals surface area (Å²) in [5.74, 6) is 1.32. The van der Waals surface area contributed by atoms with Crippen molar-refractivity contribution in [1.82, 2.24) is 0 Å². The first-order valence-electron chi connectivity index (χ1n) is 6.38. The molecule has 1 aromatic carbocycles. The minimum atomic E-state index is -0.303. The van der Waals surface area contributed by atoms with Gasteiger partial charge in [-0.15, -0.1) is 0 Å². The van der Waals surface area contributed by atoms with E-state index in [0.29, 0.717) is 31.5 Å². The summed E-state index contributed by atoms with van der Waals surface area (Å²) >= 11 is 0. The van der Waals surface area contributed by atoms with E-state index >= 15 is 0 Å². The molecule has 0 atom stereocenters. The average Bonchev–Trinajstić information content (AvgIpc) is 2.66. The second-order valence-electron chi connectivity index (χ2n) is 5.35. The van der Waals surface area contributed by atoms with Crippen molar-refractivity contribution < 1.29 is 14.3 Å². The van der Waals surface area contributed by atoms with Crippen LogP contribution in [0.15, 0.2) is 18.2 Å². The Morgan fingerprint density at radius 1 is 1.17 bits per heavy atom. The predicted molar refractivity (Wildman–Crippen MR) is 66.9 cm³/mol. The maximum absolute atomic E-state index is 12.5. The zero-order valence-corrected chi connectivity index (χ0v) is 10.5. The van der Waals surface area contributed by atoms with Crippen molar-refractivity contribution in [3.05, 3.63) is 29.3 Å². The van der Waals surface area contributed by atoms with Gasteiger partial charge in [-0.2, -0.15) is 0 Å². The lowest BCUT2D eigenvalue weighted by Gasteiger charge is -2.30. The SMILES string of the molecule is COc1ccc2c(c1)CC1(CCC(=O)CC1)C2=O. The van der Waals surface area contributed by atoms with Crippen molar-refractivity contribution in [2.24, 2.45) is 5.41 Å². The summed E-state index contributed by atoms with van der Waals surface area (Å²) in [7, 11) is 1.63. The van der Waals surface area contributed by atoms with E-state index in [1.807, 2.05) is 18.2 Å². The van der Waals surface area contributed by atoms with Crippen molar-refractivity contribution in [3.8, 4) is 5.75 Å². The molecule has 18 heavy (non-hydrogen) atoms. The highest BCUT2D eigenvalue weighted by Crippen LogP contribution is 2.47. The number of rotatable bonds is 1. The van der Waals surface area contributed by atoms with E-state index in [2.05, 4.69) is 0 Å². The second-order valence-corrected chi connectivity index (χ2v) is 5.35. The van der Waals surface area contributed by atoms with Crippen LogP contribution < -0.4 is 4.74 Å². The van der Waals surface area contributed by atoms with Crippen LogP contribution in [0.25, 0.3) is 0 Å². The summed E-state index contributed by atoms with van der Waals surface area (Å²) in [6.07, 6.45) is 3.29. The lowest BCUT2D eigenvalue weighted by Crippen LogP contribution is -2.33. The zero-order valence-electron chi connectivity index (χ0n) is 10.5. The molecule has 1 saturated carbocycles. The topological polar surface area (TPSA) is 43.4 Å². The monoisotopic (exact) mass is 244 g/mol. The molecule has 3 nitrogen and oxygen atoms in total. The number of ether oxygens (including phenoxy) is 1. The van der Waals surface area contributed by atoms with Gasteiger partial charge in [0.15, 0.2) is 5.78 Å². The Hall–Kier alpha value is -1.64. The predicted octanol–water partition coefficient (Wildman–Crippen LogP) is 2.56. The fourth-order valence-corrected chi connectivity index (χ4v) is 3.21. The molecular formula is C15H16O3. The number of ketones is 2. The largest absolute Gasteiger partial charge is 0.497 e. The molecule has 94 valence electrons. The van der Waals surface area contributed by atoms with Gasteiger partial charge < -0.3 is 4.74 Å². The Bertz CT molecular complexity index is 521. The van der Waals surface area contributed by atoms with Crippen LogP contribution in [0.2, 0.25) is 0 Å². The number of fused-ring (bicyclic) bond motifs is 1. The third-order valence-corrected chi connectivity index (χ3v) is 4.33. The van der Waals surface area contributed by atoms with E-state index in [4.69, 9.17) is 4.74 Å². The zero-order chi connectivity index (χ0) is 12.8. The van der Waals surface area contributed by atoms with Gasteiger partial charge in [0.1, 0.15) is 11.5 Å². The maximum Gasteiger partial charge on any atom is 0.169 e. The molecule has 3 heteroatoms. The molecule has 2 aliphatic carbocycles. The van der Waals surface area contributed by atoms with Gasteiger partial charge in [-0.05, 0) is 43.0 Å². The van der Waals surface area contributed by atoms with Gasteiger partial charge >= 0.3 is 0 Å². The summed E-state index contributed by atoms with van der Waals surface area (Å²) < 4.78 is 5.20. The molecule has 0 heterocycles. The second kappa shape index (κ2) is 3.94. The third-order valence-electron chi connectivity index (χ3n) is 4.33. The molecular weight excluding hydrogens is 228 g/mol. The fraction of sp³-hybridized carbons (Fsp3) is 0.467. The Morgan fingerprint density at radius 3 is 2.56 bits per heavy atom. The normalized spacial score (nSPS) is 21.2. The van der Waals surface area contributed by atoms with E-state index in [1.54, 1.807) is 7.11 Å². The Labute approximate surface area is 106 Å². The molecule has 1 fully saturated rings. The van der Waals surface area contributed by atoms with Gasteiger partial charge in [-0.1, -0.05) is 0 Å². The van der Waals surface area contributed by atoms with Crippen molar-refractivity contribution in [3.63, 3.8) is 0 Å². The smallest absolute Gasteiger partial charge is 0.169 e. The van der Waals surface area contributed by atoms with Crippen LogP contribution in [0.4, 0.5) is 0 Å². The average molecular weight is 244 g/mol. The summed E-state index contributed by atoms with van der Waals surface area (Å²) in [5, 5.41) is 0. The standard InChI is InChI=1S/C15H16O3/c1-18-12-2-3-13-10(8-12)9-15(14(13)17)6-4-11(16)5-7-15/h2-3,8H,4-7,9H2,1H3. The van der Waals surface area contributed by atoms with E-state index < -0.39 is 0 Å². The lowest BCUT2D eigenvalue weighted by molar-refractivity contribution is -0.121. The molecule has 0 aromatic heterocycles. The molecule has 0 N–H and O–H groups in total. The highest BCUT2D eigenvalue weighted by atomic mass is 16.5. The molecule has 2 aliphatic rings. The number of carbonyl (C=O) groups is 2.